The Labute approximate surface area is 165 Å². The molecule has 0 spiro atoms. The zero-order valence-electron chi connectivity index (χ0n) is 16.5. The summed E-state index contributed by atoms with van der Waals surface area (Å²) >= 11 is 0. The second-order valence-electron chi connectivity index (χ2n) is 7.68. The molecule has 1 aromatic carbocycles. The van der Waals surface area contributed by atoms with Gasteiger partial charge < -0.3 is 20.3 Å². The molecule has 2 amide bonds. The fourth-order valence-electron chi connectivity index (χ4n) is 2.94. The second-order valence-corrected chi connectivity index (χ2v) is 7.68. The van der Waals surface area contributed by atoms with Crippen molar-refractivity contribution in [2.24, 2.45) is 0 Å². The van der Waals surface area contributed by atoms with Crippen LogP contribution in [0.3, 0.4) is 0 Å². The molecule has 3 rings (SSSR count). The molecule has 0 aliphatic carbocycles. The van der Waals surface area contributed by atoms with Gasteiger partial charge in [-0.3, -0.25) is 9.59 Å². The quantitative estimate of drug-likeness (QED) is 0.849. The van der Waals surface area contributed by atoms with Gasteiger partial charge in [0.05, 0.1) is 24.6 Å². The highest BCUT2D eigenvalue weighted by Gasteiger charge is 2.19. The number of aromatic nitrogens is 1. The molecule has 1 saturated heterocycles. The van der Waals surface area contributed by atoms with Crippen molar-refractivity contribution in [3.63, 3.8) is 0 Å². The minimum absolute atomic E-state index is 0.193. The van der Waals surface area contributed by atoms with E-state index >= 15 is 0 Å². The molecule has 1 aliphatic heterocycles. The summed E-state index contributed by atoms with van der Waals surface area (Å²) in [6.07, 6.45) is 0. The van der Waals surface area contributed by atoms with Crippen LogP contribution in [0.2, 0.25) is 0 Å². The molecule has 28 heavy (non-hydrogen) atoms. The number of anilines is 2. The lowest BCUT2D eigenvalue weighted by Crippen LogP contribution is -2.41. The number of rotatable bonds is 4. The summed E-state index contributed by atoms with van der Waals surface area (Å²) in [5.41, 5.74) is 1.68. The van der Waals surface area contributed by atoms with Crippen LogP contribution in [0, 0.1) is 0 Å². The van der Waals surface area contributed by atoms with Gasteiger partial charge in [0.1, 0.15) is 11.4 Å². The second kappa shape index (κ2) is 8.39. The van der Waals surface area contributed by atoms with Crippen molar-refractivity contribution >= 4 is 23.2 Å². The SMILES string of the molecule is CC(C)(C)NC(=O)c1cccc(C(=O)Nc2ccccc2N2CCOCC2)n1. The predicted octanol–water partition coefficient (Wildman–Crippen LogP) is 2.70. The molecule has 0 saturated carbocycles. The number of carbonyl (C=O) groups is 2. The number of nitrogens with one attached hydrogen (secondary N) is 2. The number of morpholine rings is 1. The number of para-hydroxylation sites is 2. The molecule has 0 unspecified atom stereocenters. The van der Waals surface area contributed by atoms with E-state index in [1.54, 1.807) is 18.2 Å². The highest BCUT2D eigenvalue weighted by Crippen LogP contribution is 2.26. The summed E-state index contributed by atoms with van der Waals surface area (Å²) in [6.45, 7) is 8.54. The van der Waals surface area contributed by atoms with Crippen molar-refractivity contribution in [3.05, 3.63) is 53.9 Å². The first kappa shape index (κ1) is 19.8. The fraction of sp³-hybridized carbons (Fsp3) is 0.381. The Morgan fingerprint density at radius 3 is 2.29 bits per heavy atom. The monoisotopic (exact) mass is 382 g/mol. The highest BCUT2D eigenvalue weighted by molar-refractivity contribution is 6.05. The minimum Gasteiger partial charge on any atom is -0.378 e. The normalized spacial score (nSPS) is 14.5. The van der Waals surface area contributed by atoms with Gasteiger partial charge in [0, 0.05) is 18.6 Å². The Hall–Kier alpha value is -2.93. The maximum atomic E-state index is 12.8. The Morgan fingerprint density at radius 1 is 0.964 bits per heavy atom. The standard InChI is InChI=1S/C21H26N4O3/c1-21(2,3)24-20(27)17-9-6-8-16(22-17)19(26)23-15-7-4-5-10-18(15)25-11-13-28-14-12-25/h4-10H,11-14H2,1-3H3,(H,23,26)(H,24,27). The summed E-state index contributed by atoms with van der Waals surface area (Å²) < 4.78 is 5.40. The zero-order valence-corrected chi connectivity index (χ0v) is 16.5. The van der Waals surface area contributed by atoms with Crippen LogP contribution < -0.4 is 15.5 Å². The molecule has 0 radical (unpaired) electrons. The van der Waals surface area contributed by atoms with Crippen LogP contribution in [-0.4, -0.2) is 48.6 Å². The van der Waals surface area contributed by atoms with E-state index in [0.29, 0.717) is 18.9 Å². The zero-order chi connectivity index (χ0) is 20.1. The first-order chi connectivity index (χ1) is 13.3. The van der Waals surface area contributed by atoms with Crippen molar-refractivity contribution < 1.29 is 14.3 Å². The maximum Gasteiger partial charge on any atom is 0.274 e. The predicted molar refractivity (Wildman–Crippen MR) is 109 cm³/mol. The molecule has 0 bridgehead atoms. The molecule has 7 heteroatoms. The summed E-state index contributed by atoms with van der Waals surface area (Å²) in [4.78, 5) is 31.5. The van der Waals surface area contributed by atoms with Crippen molar-refractivity contribution in [1.29, 1.82) is 0 Å². The molecular formula is C21H26N4O3. The van der Waals surface area contributed by atoms with E-state index in [0.717, 1.165) is 18.8 Å². The van der Waals surface area contributed by atoms with Crippen LogP contribution in [0.25, 0.3) is 0 Å². The van der Waals surface area contributed by atoms with Crippen LogP contribution in [0.5, 0.6) is 0 Å². The highest BCUT2D eigenvalue weighted by atomic mass is 16.5. The van der Waals surface area contributed by atoms with Gasteiger partial charge in [-0.05, 0) is 45.0 Å². The molecule has 1 aliphatic rings. The smallest absolute Gasteiger partial charge is 0.274 e. The summed E-state index contributed by atoms with van der Waals surface area (Å²) in [6, 6.07) is 12.5. The largest absolute Gasteiger partial charge is 0.378 e. The number of nitrogens with zero attached hydrogens (tertiary/aromatic N) is 2. The number of pyridine rings is 1. The van der Waals surface area contributed by atoms with Crippen LogP contribution in [0.4, 0.5) is 11.4 Å². The molecule has 2 aromatic rings. The number of amides is 2. The molecule has 2 N–H and O–H groups in total. The van der Waals surface area contributed by atoms with Gasteiger partial charge in [0.2, 0.25) is 0 Å². The average Bonchev–Trinajstić information content (AvgIpc) is 2.68. The van der Waals surface area contributed by atoms with E-state index in [1.165, 1.54) is 0 Å². The number of hydrogen-bond acceptors (Lipinski definition) is 5. The van der Waals surface area contributed by atoms with Crippen molar-refractivity contribution in [2.75, 3.05) is 36.5 Å². The third-order valence-corrected chi connectivity index (χ3v) is 4.21. The molecule has 1 aromatic heterocycles. The third kappa shape index (κ3) is 5.07. The Morgan fingerprint density at radius 2 is 1.61 bits per heavy atom. The molecule has 7 nitrogen and oxygen atoms in total. The van der Waals surface area contributed by atoms with Gasteiger partial charge in [-0.1, -0.05) is 18.2 Å². The van der Waals surface area contributed by atoms with E-state index in [1.807, 2.05) is 45.0 Å². The molecular weight excluding hydrogens is 356 g/mol. The van der Waals surface area contributed by atoms with E-state index in [2.05, 4.69) is 20.5 Å². The lowest BCUT2D eigenvalue weighted by atomic mass is 10.1. The van der Waals surface area contributed by atoms with E-state index in [4.69, 9.17) is 4.74 Å². The van der Waals surface area contributed by atoms with Gasteiger partial charge in [-0.15, -0.1) is 0 Å². The van der Waals surface area contributed by atoms with Gasteiger partial charge in [0.25, 0.3) is 11.8 Å². The first-order valence-electron chi connectivity index (χ1n) is 9.36. The summed E-state index contributed by atoms with van der Waals surface area (Å²) in [7, 11) is 0. The number of hydrogen-bond donors (Lipinski definition) is 2. The van der Waals surface area contributed by atoms with Crippen molar-refractivity contribution in [1.82, 2.24) is 10.3 Å². The van der Waals surface area contributed by atoms with E-state index < -0.39 is 0 Å². The lowest BCUT2D eigenvalue weighted by molar-refractivity contribution is 0.0914. The fourth-order valence-corrected chi connectivity index (χ4v) is 2.94. The minimum atomic E-state index is -0.381. The van der Waals surface area contributed by atoms with Crippen LogP contribution in [0.15, 0.2) is 42.5 Å². The number of ether oxygens (including phenoxy) is 1. The third-order valence-electron chi connectivity index (χ3n) is 4.21. The van der Waals surface area contributed by atoms with Gasteiger partial charge in [-0.2, -0.15) is 0 Å². The maximum absolute atomic E-state index is 12.8. The number of benzene rings is 1. The van der Waals surface area contributed by atoms with E-state index in [9.17, 15) is 9.59 Å². The Balaban J connectivity index is 1.77. The van der Waals surface area contributed by atoms with Gasteiger partial charge in [-0.25, -0.2) is 4.98 Å². The van der Waals surface area contributed by atoms with E-state index in [-0.39, 0.29) is 28.7 Å². The van der Waals surface area contributed by atoms with Crippen LogP contribution >= 0.6 is 0 Å². The molecule has 2 heterocycles. The van der Waals surface area contributed by atoms with Gasteiger partial charge in [0.15, 0.2) is 0 Å². The van der Waals surface area contributed by atoms with Crippen LogP contribution in [-0.2, 0) is 4.74 Å². The lowest BCUT2D eigenvalue weighted by Gasteiger charge is -2.30. The van der Waals surface area contributed by atoms with Crippen LogP contribution in [0.1, 0.15) is 41.7 Å². The molecule has 1 fully saturated rings. The van der Waals surface area contributed by atoms with Crippen molar-refractivity contribution in [2.45, 2.75) is 26.3 Å². The molecule has 148 valence electrons. The first-order valence-corrected chi connectivity index (χ1v) is 9.36. The number of carbonyl (C=O) groups excluding carboxylic acids is 2. The van der Waals surface area contributed by atoms with Gasteiger partial charge >= 0.3 is 0 Å². The Bertz CT molecular complexity index is 855. The summed E-state index contributed by atoms with van der Waals surface area (Å²) in [5, 5.41) is 5.77. The Kier molecular flexibility index (Phi) is 5.94. The van der Waals surface area contributed by atoms with Crippen molar-refractivity contribution in [3.8, 4) is 0 Å². The average molecular weight is 382 g/mol. The summed E-state index contributed by atoms with van der Waals surface area (Å²) in [5.74, 6) is -0.665. The molecule has 0 atom stereocenters. The topological polar surface area (TPSA) is 83.6 Å².